The summed E-state index contributed by atoms with van der Waals surface area (Å²) in [5, 5.41) is 8.68. The number of carbonyl (C=O) groups is 2. The van der Waals surface area contributed by atoms with Gasteiger partial charge in [0.1, 0.15) is 0 Å². The first kappa shape index (κ1) is 10.9. The maximum Gasteiger partial charge on any atom is 0.253 e. The van der Waals surface area contributed by atoms with Gasteiger partial charge in [-0.3, -0.25) is 14.5 Å². The van der Waals surface area contributed by atoms with Gasteiger partial charge in [-0.2, -0.15) is 0 Å². The van der Waals surface area contributed by atoms with Crippen LogP contribution >= 0.6 is 0 Å². The summed E-state index contributed by atoms with van der Waals surface area (Å²) < 4.78 is 0. The number of aliphatic hydroxyl groups excluding tert-OH is 1. The minimum absolute atomic E-state index is 0.0721. The molecule has 0 aromatic carbocycles. The molecule has 4 nitrogen and oxygen atoms in total. The highest BCUT2D eigenvalue weighted by Crippen LogP contribution is 2.16. The van der Waals surface area contributed by atoms with Crippen molar-refractivity contribution in [1.29, 1.82) is 0 Å². The Labute approximate surface area is 83.2 Å². The van der Waals surface area contributed by atoms with Crippen molar-refractivity contribution in [3.05, 3.63) is 12.2 Å². The van der Waals surface area contributed by atoms with Gasteiger partial charge < -0.3 is 5.11 Å². The van der Waals surface area contributed by atoms with Gasteiger partial charge in [-0.25, -0.2) is 0 Å². The molecule has 1 aliphatic rings. The van der Waals surface area contributed by atoms with Crippen LogP contribution < -0.4 is 0 Å². The summed E-state index contributed by atoms with van der Waals surface area (Å²) >= 11 is 0. The summed E-state index contributed by atoms with van der Waals surface area (Å²) in [4.78, 5) is 23.9. The van der Waals surface area contributed by atoms with Gasteiger partial charge in [0.15, 0.2) is 0 Å². The molecule has 0 saturated carbocycles. The number of nitrogens with zero attached hydrogens (tertiary/aromatic N) is 1. The number of hydrogen-bond donors (Lipinski definition) is 1. The molecule has 0 saturated heterocycles. The topological polar surface area (TPSA) is 57.6 Å². The Morgan fingerprint density at radius 2 is 1.93 bits per heavy atom. The molecule has 0 aromatic rings. The minimum atomic E-state index is -0.236. The van der Waals surface area contributed by atoms with Gasteiger partial charge in [-0.1, -0.05) is 6.92 Å². The van der Waals surface area contributed by atoms with Crippen molar-refractivity contribution in [2.45, 2.75) is 32.2 Å². The van der Waals surface area contributed by atoms with Gasteiger partial charge in [0.2, 0.25) is 0 Å². The van der Waals surface area contributed by atoms with E-state index in [9.17, 15) is 9.59 Å². The summed E-state index contributed by atoms with van der Waals surface area (Å²) in [6.45, 7) is 2.03. The molecule has 1 unspecified atom stereocenters. The van der Waals surface area contributed by atoms with E-state index >= 15 is 0 Å². The van der Waals surface area contributed by atoms with E-state index in [1.54, 1.807) is 0 Å². The largest absolute Gasteiger partial charge is 0.396 e. The van der Waals surface area contributed by atoms with E-state index in [1.807, 2.05) is 6.92 Å². The number of hydrogen-bond acceptors (Lipinski definition) is 3. The zero-order chi connectivity index (χ0) is 10.6. The highest BCUT2D eigenvalue weighted by Gasteiger charge is 2.29. The van der Waals surface area contributed by atoms with Crippen LogP contribution in [0.15, 0.2) is 12.2 Å². The van der Waals surface area contributed by atoms with Crippen LogP contribution in [0.5, 0.6) is 0 Å². The maximum atomic E-state index is 11.3. The summed E-state index contributed by atoms with van der Waals surface area (Å²) in [7, 11) is 0. The number of imide groups is 1. The number of carbonyl (C=O) groups excluding carboxylic acids is 2. The predicted octanol–water partition coefficient (Wildman–Crippen LogP) is 0.462. The summed E-state index contributed by atoms with van der Waals surface area (Å²) in [6.07, 6.45) is 4.62. The quantitative estimate of drug-likeness (QED) is 0.651. The lowest BCUT2D eigenvalue weighted by molar-refractivity contribution is -0.139. The summed E-state index contributed by atoms with van der Waals surface area (Å²) in [5.74, 6) is -0.473. The average Bonchev–Trinajstić information content (AvgIpc) is 2.50. The van der Waals surface area contributed by atoms with E-state index in [2.05, 4.69) is 0 Å². The first-order valence-electron chi connectivity index (χ1n) is 4.86. The molecule has 2 amide bonds. The molecular formula is C10H15NO3. The normalized spacial score (nSPS) is 18.0. The van der Waals surface area contributed by atoms with Crippen molar-refractivity contribution < 1.29 is 14.7 Å². The smallest absolute Gasteiger partial charge is 0.253 e. The fraction of sp³-hybridized carbons (Fsp3) is 0.600. The third-order valence-electron chi connectivity index (χ3n) is 2.38. The van der Waals surface area contributed by atoms with E-state index in [1.165, 1.54) is 17.1 Å². The van der Waals surface area contributed by atoms with Crippen molar-refractivity contribution in [2.24, 2.45) is 0 Å². The van der Waals surface area contributed by atoms with Crippen LogP contribution in [0.25, 0.3) is 0 Å². The molecular weight excluding hydrogens is 182 g/mol. The molecule has 0 spiro atoms. The van der Waals surface area contributed by atoms with Crippen molar-refractivity contribution in [3.8, 4) is 0 Å². The van der Waals surface area contributed by atoms with E-state index in [4.69, 9.17) is 5.11 Å². The van der Waals surface area contributed by atoms with E-state index in [0.29, 0.717) is 12.8 Å². The molecule has 1 N–H and O–H groups in total. The third-order valence-corrected chi connectivity index (χ3v) is 2.38. The number of amides is 2. The SMILES string of the molecule is CCC(CCCO)N1C(=O)C=CC1=O. The van der Waals surface area contributed by atoms with Gasteiger partial charge in [-0.05, 0) is 19.3 Å². The molecule has 1 rings (SSSR count). The van der Waals surface area contributed by atoms with Gasteiger partial charge in [0, 0.05) is 24.8 Å². The minimum Gasteiger partial charge on any atom is -0.396 e. The molecule has 14 heavy (non-hydrogen) atoms. The highest BCUT2D eigenvalue weighted by molar-refractivity contribution is 6.13. The maximum absolute atomic E-state index is 11.3. The zero-order valence-electron chi connectivity index (χ0n) is 8.27. The van der Waals surface area contributed by atoms with Crippen molar-refractivity contribution in [3.63, 3.8) is 0 Å². The van der Waals surface area contributed by atoms with Crippen molar-refractivity contribution in [2.75, 3.05) is 6.61 Å². The Morgan fingerprint density at radius 1 is 1.36 bits per heavy atom. The van der Waals surface area contributed by atoms with Crippen LogP contribution in [0.3, 0.4) is 0 Å². The molecule has 0 aromatic heterocycles. The van der Waals surface area contributed by atoms with E-state index < -0.39 is 0 Å². The lowest BCUT2D eigenvalue weighted by Crippen LogP contribution is -2.39. The Morgan fingerprint density at radius 3 is 2.36 bits per heavy atom. The second-order valence-corrected chi connectivity index (χ2v) is 3.31. The Bertz CT molecular complexity index is 242. The van der Waals surface area contributed by atoms with Gasteiger partial charge in [-0.15, -0.1) is 0 Å². The summed E-state index contributed by atoms with van der Waals surface area (Å²) in [5.41, 5.74) is 0. The van der Waals surface area contributed by atoms with Crippen molar-refractivity contribution >= 4 is 11.8 Å². The van der Waals surface area contributed by atoms with Gasteiger partial charge in [0.25, 0.3) is 11.8 Å². The van der Waals surface area contributed by atoms with E-state index in [0.717, 1.165) is 6.42 Å². The average molecular weight is 197 g/mol. The van der Waals surface area contributed by atoms with Crippen LogP contribution in [0.4, 0.5) is 0 Å². The predicted molar refractivity (Wildman–Crippen MR) is 51.4 cm³/mol. The molecule has 1 heterocycles. The standard InChI is InChI=1S/C10H15NO3/c1-2-8(4-3-7-12)11-9(13)5-6-10(11)14/h5-6,8,12H,2-4,7H2,1H3. The lowest BCUT2D eigenvalue weighted by Gasteiger charge is -2.24. The van der Waals surface area contributed by atoms with Crippen LogP contribution in [-0.2, 0) is 9.59 Å². The van der Waals surface area contributed by atoms with Crippen LogP contribution in [0.2, 0.25) is 0 Å². The first-order chi connectivity index (χ1) is 6.70. The molecule has 4 heteroatoms. The van der Waals surface area contributed by atoms with Crippen LogP contribution in [0, 0.1) is 0 Å². The van der Waals surface area contributed by atoms with Gasteiger partial charge >= 0.3 is 0 Å². The monoisotopic (exact) mass is 197 g/mol. The second-order valence-electron chi connectivity index (χ2n) is 3.31. The third kappa shape index (κ3) is 2.20. The van der Waals surface area contributed by atoms with Crippen LogP contribution in [0.1, 0.15) is 26.2 Å². The fourth-order valence-electron chi connectivity index (χ4n) is 1.61. The lowest BCUT2D eigenvalue weighted by atomic mass is 10.1. The second kappa shape index (κ2) is 4.91. The van der Waals surface area contributed by atoms with Crippen molar-refractivity contribution in [1.82, 2.24) is 4.90 Å². The number of aliphatic hydroxyl groups is 1. The highest BCUT2D eigenvalue weighted by atomic mass is 16.3. The molecule has 0 bridgehead atoms. The Kier molecular flexibility index (Phi) is 3.83. The first-order valence-corrected chi connectivity index (χ1v) is 4.86. The van der Waals surface area contributed by atoms with E-state index in [-0.39, 0.29) is 24.5 Å². The molecule has 78 valence electrons. The summed E-state index contributed by atoms with van der Waals surface area (Å²) in [6, 6.07) is -0.0721. The molecule has 0 fully saturated rings. The Balaban J connectivity index is 2.60. The zero-order valence-corrected chi connectivity index (χ0v) is 8.27. The molecule has 1 atom stereocenters. The number of rotatable bonds is 5. The fourth-order valence-corrected chi connectivity index (χ4v) is 1.61. The molecule has 0 radical (unpaired) electrons. The Hall–Kier alpha value is -1.16. The van der Waals surface area contributed by atoms with Crippen LogP contribution in [-0.4, -0.2) is 34.5 Å². The molecule has 0 aliphatic carbocycles. The molecule has 1 aliphatic heterocycles. The van der Waals surface area contributed by atoms with Gasteiger partial charge in [0.05, 0.1) is 0 Å².